The van der Waals surface area contributed by atoms with Gasteiger partial charge in [0.1, 0.15) is 5.92 Å². The smallest absolute Gasteiger partial charge is 0.336 e. The standard InChI is InChI=1S/C19H22BrNO4/c1-5-24-18(22)15-11(3)21-12(4)16(19(23)25-6-2)17(15)13-8-7-9-14(20)10-13/h7-11,16H,5-6H2,1-4H3. The van der Waals surface area contributed by atoms with E-state index in [1.807, 2.05) is 31.2 Å². The van der Waals surface area contributed by atoms with Crippen molar-refractivity contribution in [1.29, 1.82) is 0 Å². The second-order valence-corrected chi connectivity index (χ2v) is 6.61. The number of ether oxygens (including phenoxy) is 2. The predicted molar refractivity (Wildman–Crippen MR) is 100 cm³/mol. The zero-order valence-electron chi connectivity index (χ0n) is 14.8. The van der Waals surface area contributed by atoms with Crippen molar-refractivity contribution < 1.29 is 19.1 Å². The summed E-state index contributed by atoms with van der Waals surface area (Å²) >= 11 is 3.45. The molecule has 0 aromatic heterocycles. The van der Waals surface area contributed by atoms with Crippen molar-refractivity contribution in [2.24, 2.45) is 10.9 Å². The molecule has 1 aliphatic heterocycles. The van der Waals surface area contributed by atoms with Gasteiger partial charge in [-0.15, -0.1) is 0 Å². The summed E-state index contributed by atoms with van der Waals surface area (Å²) in [5.74, 6) is -1.58. The molecule has 6 heteroatoms. The first-order chi connectivity index (χ1) is 11.9. The quantitative estimate of drug-likeness (QED) is 0.696. The third kappa shape index (κ3) is 4.18. The van der Waals surface area contributed by atoms with Crippen LogP contribution < -0.4 is 0 Å². The lowest BCUT2D eigenvalue weighted by Gasteiger charge is -2.29. The zero-order valence-corrected chi connectivity index (χ0v) is 16.4. The van der Waals surface area contributed by atoms with Crippen LogP contribution in [-0.4, -0.2) is 36.9 Å². The van der Waals surface area contributed by atoms with Gasteiger partial charge in [0, 0.05) is 10.2 Å². The van der Waals surface area contributed by atoms with Crippen LogP contribution in [0.2, 0.25) is 0 Å². The minimum atomic E-state index is -0.718. The number of carbonyl (C=O) groups excluding carboxylic acids is 2. The van der Waals surface area contributed by atoms with E-state index in [9.17, 15) is 9.59 Å². The second kappa shape index (κ2) is 8.43. The lowest BCUT2D eigenvalue weighted by molar-refractivity contribution is -0.143. The maximum Gasteiger partial charge on any atom is 0.336 e. The first-order valence-electron chi connectivity index (χ1n) is 8.28. The normalized spacial score (nSPS) is 20.1. The van der Waals surface area contributed by atoms with Crippen LogP contribution in [0.15, 0.2) is 39.3 Å². The van der Waals surface area contributed by atoms with Gasteiger partial charge in [-0.1, -0.05) is 28.1 Å². The van der Waals surface area contributed by atoms with E-state index in [0.717, 1.165) is 10.0 Å². The molecule has 134 valence electrons. The summed E-state index contributed by atoms with van der Waals surface area (Å²) in [6.07, 6.45) is 0. The van der Waals surface area contributed by atoms with Crippen LogP contribution in [-0.2, 0) is 19.1 Å². The molecule has 1 heterocycles. The van der Waals surface area contributed by atoms with E-state index in [1.54, 1.807) is 20.8 Å². The highest BCUT2D eigenvalue weighted by Gasteiger charge is 2.38. The van der Waals surface area contributed by atoms with Gasteiger partial charge >= 0.3 is 11.9 Å². The average molecular weight is 408 g/mol. The van der Waals surface area contributed by atoms with Gasteiger partial charge in [-0.3, -0.25) is 9.79 Å². The van der Waals surface area contributed by atoms with Gasteiger partial charge in [0.15, 0.2) is 0 Å². The summed E-state index contributed by atoms with van der Waals surface area (Å²) in [5, 5.41) is 0. The molecule has 0 radical (unpaired) electrons. The molecular weight excluding hydrogens is 386 g/mol. The fraction of sp³-hybridized carbons (Fsp3) is 0.421. The van der Waals surface area contributed by atoms with E-state index in [-0.39, 0.29) is 13.2 Å². The monoisotopic (exact) mass is 407 g/mol. The summed E-state index contributed by atoms with van der Waals surface area (Å²) in [4.78, 5) is 29.7. The molecule has 0 N–H and O–H groups in total. The highest BCUT2D eigenvalue weighted by atomic mass is 79.9. The largest absolute Gasteiger partial charge is 0.465 e. The van der Waals surface area contributed by atoms with Crippen LogP contribution in [0.25, 0.3) is 5.57 Å². The first kappa shape index (κ1) is 19.4. The van der Waals surface area contributed by atoms with Gasteiger partial charge < -0.3 is 9.47 Å². The molecule has 0 aliphatic carbocycles. The highest BCUT2D eigenvalue weighted by Crippen LogP contribution is 2.37. The van der Waals surface area contributed by atoms with Crippen LogP contribution in [0.3, 0.4) is 0 Å². The Hall–Kier alpha value is -1.95. The average Bonchev–Trinajstić information content (AvgIpc) is 2.54. The molecule has 2 rings (SSSR count). The van der Waals surface area contributed by atoms with Gasteiger partial charge in [0.2, 0.25) is 0 Å². The maximum absolute atomic E-state index is 12.6. The summed E-state index contributed by atoms with van der Waals surface area (Å²) in [6, 6.07) is 7.12. The van der Waals surface area contributed by atoms with E-state index >= 15 is 0 Å². The molecule has 1 aromatic rings. The van der Waals surface area contributed by atoms with Crippen LogP contribution >= 0.6 is 15.9 Å². The van der Waals surface area contributed by atoms with Gasteiger partial charge in [-0.2, -0.15) is 0 Å². The molecule has 1 aliphatic rings. The van der Waals surface area contributed by atoms with Crippen molar-refractivity contribution >= 4 is 39.2 Å². The molecule has 5 nitrogen and oxygen atoms in total. The Morgan fingerprint density at radius 3 is 2.48 bits per heavy atom. The number of nitrogens with zero attached hydrogens (tertiary/aromatic N) is 1. The summed E-state index contributed by atoms with van der Waals surface area (Å²) in [6.45, 7) is 7.64. The van der Waals surface area contributed by atoms with Gasteiger partial charge in [-0.25, -0.2) is 4.79 Å². The maximum atomic E-state index is 12.6. The zero-order chi connectivity index (χ0) is 18.6. The van der Waals surface area contributed by atoms with Gasteiger partial charge in [0.25, 0.3) is 0 Å². The van der Waals surface area contributed by atoms with Crippen LogP contribution in [0.5, 0.6) is 0 Å². The van der Waals surface area contributed by atoms with E-state index in [4.69, 9.17) is 9.47 Å². The van der Waals surface area contributed by atoms with Crippen LogP contribution in [0.4, 0.5) is 0 Å². The molecule has 0 fully saturated rings. The Bertz CT molecular complexity index is 739. The predicted octanol–water partition coefficient (Wildman–Crippen LogP) is 3.81. The lowest BCUT2D eigenvalue weighted by atomic mass is 9.81. The van der Waals surface area contributed by atoms with Crippen molar-refractivity contribution in [2.45, 2.75) is 33.7 Å². The van der Waals surface area contributed by atoms with Crippen molar-refractivity contribution in [3.63, 3.8) is 0 Å². The topological polar surface area (TPSA) is 65.0 Å². The summed E-state index contributed by atoms with van der Waals surface area (Å²) in [7, 11) is 0. The number of hydrogen-bond acceptors (Lipinski definition) is 5. The van der Waals surface area contributed by atoms with Crippen molar-refractivity contribution in [3.8, 4) is 0 Å². The minimum Gasteiger partial charge on any atom is -0.465 e. The minimum absolute atomic E-state index is 0.258. The number of benzene rings is 1. The van der Waals surface area contributed by atoms with Crippen molar-refractivity contribution in [3.05, 3.63) is 39.9 Å². The molecule has 0 amide bonds. The SMILES string of the molecule is CCOC(=O)C1=C(c2cccc(Br)c2)C(C(=O)OCC)C(C)=NC1C. The molecule has 0 saturated carbocycles. The molecule has 25 heavy (non-hydrogen) atoms. The molecule has 0 saturated heterocycles. The number of hydrogen-bond donors (Lipinski definition) is 0. The Balaban J connectivity index is 2.69. The van der Waals surface area contributed by atoms with E-state index in [2.05, 4.69) is 20.9 Å². The molecule has 0 bridgehead atoms. The van der Waals surface area contributed by atoms with E-state index < -0.39 is 23.9 Å². The number of aliphatic imine (C=N–C) groups is 1. The fourth-order valence-electron chi connectivity index (χ4n) is 3.02. The first-order valence-corrected chi connectivity index (χ1v) is 9.08. The third-order valence-electron chi connectivity index (χ3n) is 3.96. The number of rotatable bonds is 5. The molecular formula is C19H22BrNO4. The van der Waals surface area contributed by atoms with E-state index in [0.29, 0.717) is 16.9 Å². The number of carbonyl (C=O) groups is 2. The number of halogens is 1. The van der Waals surface area contributed by atoms with Crippen molar-refractivity contribution in [1.82, 2.24) is 0 Å². The third-order valence-corrected chi connectivity index (χ3v) is 4.46. The Labute approximate surface area is 156 Å². The van der Waals surface area contributed by atoms with Crippen molar-refractivity contribution in [2.75, 3.05) is 13.2 Å². The van der Waals surface area contributed by atoms with Crippen LogP contribution in [0, 0.1) is 5.92 Å². The Morgan fingerprint density at radius 1 is 1.20 bits per heavy atom. The molecule has 2 unspecified atom stereocenters. The fourth-order valence-corrected chi connectivity index (χ4v) is 3.41. The van der Waals surface area contributed by atoms with Crippen LogP contribution in [0.1, 0.15) is 33.3 Å². The number of dihydropyridines is 1. The summed E-state index contributed by atoms with van der Waals surface area (Å²) < 4.78 is 11.3. The van der Waals surface area contributed by atoms with Gasteiger partial charge in [0.05, 0.1) is 24.8 Å². The highest BCUT2D eigenvalue weighted by molar-refractivity contribution is 9.10. The Kier molecular flexibility index (Phi) is 6.53. The molecule has 1 aromatic carbocycles. The van der Waals surface area contributed by atoms with Gasteiger partial charge in [-0.05, 0) is 51.0 Å². The molecule has 0 spiro atoms. The van der Waals surface area contributed by atoms with E-state index in [1.165, 1.54) is 0 Å². The lowest BCUT2D eigenvalue weighted by Crippen LogP contribution is -2.34. The number of esters is 2. The molecule has 2 atom stereocenters. The Morgan fingerprint density at radius 2 is 1.88 bits per heavy atom. The second-order valence-electron chi connectivity index (χ2n) is 5.69. The summed E-state index contributed by atoms with van der Waals surface area (Å²) in [5.41, 5.74) is 2.42.